The summed E-state index contributed by atoms with van der Waals surface area (Å²) in [6.45, 7) is 9.33. The van der Waals surface area contributed by atoms with Crippen LogP contribution in [0.25, 0.3) is 0 Å². The topological polar surface area (TPSA) is 21.3 Å². The van der Waals surface area contributed by atoms with Crippen LogP contribution in [-0.2, 0) is 6.54 Å². The maximum atomic E-state index is 6.05. The molecule has 0 aliphatic carbocycles. The molecule has 2 rings (SSSR count). The van der Waals surface area contributed by atoms with Crippen LogP contribution in [-0.4, -0.2) is 5.54 Å². The van der Waals surface area contributed by atoms with Crippen LogP contribution in [0.1, 0.15) is 31.9 Å². The number of hydrogen-bond donors (Lipinski definition) is 1. The van der Waals surface area contributed by atoms with E-state index in [1.165, 1.54) is 0 Å². The minimum Gasteiger partial charge on any atom is -0.457 e. The Hall–Kier alpha value is -1.32. The molecule has 0 unspecified atom stereocenters. The van der Waals surface area contributed by atoms with Crippen molar-refractivity contribution in [2.75, 3.05) is 0 Å². The number of para-hydroxylation sites is 1. The molecular formula is C18H22BrNO. The molecule has 2 aromatic carbocycles. The highest BCUT2D eigenvalue weighted by atomic mass is 79.9. The first-order chi connectivity index (χ1) is 9.85. The van der Waals surface area contributed by atoms with Gasteiger partial charge in [-0.25, -0.2) is 0 Å². The molecule has 21 heavy (non-hydrogen) atoms. The van der Waals surface area contributed by atoms with Gasteiger partial charge in [0, 0.05) is 22.1 Å². The molecule has 2 nitrogen and oxygen atoms in total. The van der Waals surface area contributed by atoms with Crippen molar-refractivity contribution in [2.45, 2.75) is 39.8 Å². The minimum absolute atomic E-state index is 0.0846. The average molecular weight is 348 g/mol. The lowest BCUT2D eigenvalue weighted by Crippen LogP contribution is -2.35. The van der Waals surface area contributed by atoms with Crippen molar-refractivity contribution in [3.05, 3.63) is 58.1 Å². The van der Waals surface area contributed by atoms with Crippen molar-refractivity contribution in [3.8, 4) is 11.5 Å². The first kappa shape index (κ1) is 16.1. The van der Waals surface area contributed by atoms with E-state index in [0.717, 1.165) is 33.6 Å². The standard InChI is InChI=1S/C18H22BrNO/c1-13-11-15(9-10-16(13)19)21-17-8-6-5-7-14(17)12-20-18(2,3)4/h5-11,20H,12H2,1-4H3. The van der Waals surface area contributed by atoms with Gasteiger partial charge in [-0.2, -0.15) is 0 Å². The quantitative estimate of drug-likeness (QED) is 0.795. The smallest absolute Gasteiger partial charge is 0.131 e. The van der Waals surface area contributed by atoms with Crippen molar-refractivity contribution in [2.24, 2.45) is 0 Å². The lowest BCUT2D eigenvalue weighted by molar-refractivity contribution is 0.414. The molecule has 0 aliphatic heterocycles. The fourth-order valence-electron chi connectivity index (χ4n) is 1.92. The average Bonchev–Trinajstić information content (AvgIpc) is 2.41. The van der Waals surface area contributed by atoms with Crippen LogP contribution >= 0.6 is 15.9 Å². The molecule has 0 spiro atoms. The Kier molecular flexibility index (Phi) is 5.07. The number of rotatable bonds is 4. The number of nitrogens with one attached hydrogen (secondary N) is 1. The second kappa shape index (κ2) is 6.63. The van der Waals surface area contributed by atoms with Crippen LogP contribution in [0.4, 0.5) is 0 Å². The zero-order chi connectivity index (χ0) is 15.5. The van der Waals surface area contributed by atoms with Crippen LogP contribution in [0, 0.1) is 6.92 Å². The number of benzene rings is 2. The molecule has 0 heterocycles. The molecule has 0 aromatic heterocycles. The minimum atomic E-state index is 0.0846. The summed E-state index contributed by atoms with van der Waals surface area (Å²) in [6.07, 6.45) is 0. The van der Waals surface area contributed by atoms with Gasteiger partial charge in [-0.1, -0.05) is 34.1 Å². The third-order valence-electron chi connectivity index (χ3n) is 3.14. The molecule has 0 fully saturated rings. The first-order valence-electron chi connectivity index (χ1n) is 7.12. The third kappa shape index (κ3) is 4.87. The molecule has 0 aliphatic rings. The zero-order valence-electron chi connectivity index (χ0n) is 13.0. The Morgan fingerprint density at radius 3 is 2.48 bits per heavy atom. The number of hydrogen-bond acceptors (Lipinski definition) is 2. The van der Waals surface area contributed by atoms with Gasteiger partial charge in [0.1, 0.15) is 11.5 Å². The van der Waals surface area contributed by atoms with Gasteiger partial charge in [-0.15, -0.1) is 0 Å². The van der Waals surface area contributed by atoms with Crippen LogP contribution < -0.4 is 10.1 Å². The second-order valence-electron chi connectivity index (χ2n) is 6.22. The number of halogens is 1. The molecule has 0 radical (unpaired) electrons. The normalized spacial score (nSPS) is 11.5. The first-order valence-corrected chi connectivity index (χ1v) is 7.91. The molecule has 0 bridgehead atoms. The lowest BCUT2D eigenvalue weighted by atomic mass is 10.1. The number of aryl methyl sites for hydroxylation is 1. The van der Waals surface area contributed by atoms with E-state index in [4.69, 9.17) is 4.74 Å². The Labute approximate surface area is 135 Å². The van der Waals surface area contributed by atoms with E-state index in [-0.39, 0.29) is 5.54 Å². The van der Waals surface area contributed by atoms with Gasteiger partial charge in [-0.05, 0) is 57.5 Å². The largest absolute Gasteiger partial charge is 0.457 e. The van der Waals surface area contributed by atoms with E-state index in [1.54, 1.807) is 0 Å². The predicted molar refractivity (Wildman–Crippen MR) is 92.0 cm³/mol. The van der Waals surface area contributed by atoms with Gasteiger partial charge < -0.3 is 10.1 Å². The summed E-state index contributed by atoms with van der Waals surface area (Å²) in [5.74, 6) is 1.76. The molecule has 0 saturated heterocycles. The molecule has 0 saturated carbocycles. The summed E-state index contributed by atoms with van der Waals surface area (Å²) in [6, 6.07) is 14.2. The lowest BCUT2D eigenvalue weighted by Gasteiger charge is -2.21. The molecule has 1 N–H and O–H groups in total. The van der Waals surface area contributed by atoms with Gasteiger partial charge in [0.15, 0.2) is 0 Å². The maximum Gasteiger partial charge on any atom is 0.131 e. The highest BCUT2D eigenvalue weighted by Crippen LogP contribution is 2.28. The van der Waals surface area contributed by atoms with E-state index in [9.17, 15) is 0 Å². The van der Waals surface area contributed by atoms with E-state index in [0.29, 0.717) is 0 Å². The van der Waals surface area contributed by atoms with Crippen LogP contribution in [0.15, 0.2) is 46.9 Å². The van der Waals surface area contributed by atoms with E-state index < -0.39 is 0 Å². The van der Waals surface area contributed by atoms with Crippen molar-refractivity contribution < 1.29 is 4.74 Å². The molecule has 2 aromatic rings. The Morgan fingerprint density at radius 1 is 1.10 bits per heavy atom. The van der Waals surface area contributed by atoms with Gasteiger partial charge in [0.25, 0.3) is 0 Å². The van der Waals surface area contributed by atoms with Gasteiger partial charge in [0.05, 0.1) is 0 Å². The molecule has 0 amide bonds. The summed E-state index contributed by atoms with van der Waals surface area (Å²) in [5.41, 5.74) is 2.41. The van der Waals surface area contributed by atoms with Crippen LogP contribution in [0.5, 0.6) is 11.5 Å². The van der Waals surface area contributed by atoms with Gasteiger partial charge >= 0.3 is 0 Å². The second-order valence-corrected chi connectivity index (χ2v) is 7.08. The summed E-state index contributed by atoms with van der Waals surface area (Å²) in [4.78, 5) is 0. The predicted octanol–water partition coefficient (Wildman–Crippen LogP) is 5.44. The summed E-state index contributed by atoms with van der Waals surface area (Å²) < 4.78 is 7.14. The molecule has 112 valence electrons. The van der Waals surface area contributed by atoms with E-state index >= 15 is 0 Å². The third-order valence-corrected chi connectivity index (χ3v) is 4.03. The zero-order valence-corrected chi connectivity index (χ0v) is 14.6. The van der Waals surface area contributed by atoms with E-state index in [2.05, 4.69) is 55.0 Å². The molecule has 3 heteroatoms. The Bertz CT molecular complexity index is 617. The van der Waals surface area contributed by atoms with Gasteiger partial charge in [0.2, 0.25) is 0 Å². The summed E-state index contributed by atoms with van der Waals surface area (Å²) in [7, 11) is 0. The summed E-state index contributed by atoms with van der Waals surface area (Å²) >= 11 is 3.51. The highest BCUT2D eigenvalue weighted by Gasteiger charge is 2.11. The summed E-state index contributed by atoms with van der Waals surface area (Å²) in [5, 5.41) is 3.50. The fourth-order valence-corrected chi connectivity index (χ4v) is 2.16. The maximum absolute atomic E-state index is 6.05. The van der Waals surface area contributed by atoms with Crippen LogP contribution in [0.2, 0.25) is 0 Å². The fraction of sp³-hybridized carbons (Fsp3) is 0.333. The Morgan fingerprint density at radius 2 is 1.81 bits per heavy atom. The SMILES string of the molecule is Cc1cc(Oc2ccccc2CNC(C)(C)C)ccc1Br. The van der Waals surface area contributed by atoms with Crippen molar-refractivity contribution in [1.29, 1.82) is 0 Å². The molecule has 0 atom stereocenters. The van der Waals surface area contributed by atoms with E-state index in [1.807, 2.05) is 36.4 Å². The Balaban J connectivity index is 2.17. The van der Waals surface area contributed by atoms with Crippen molar-refractivity contribution in [1.82, 2.24) is 5.32 Å². The van der Waals surface area contributed by atoms with Crippen molar-refractivity contribution >= 4 is 15.9 Å². The van der Waals surface area contributed by atoms with Gasteiger partial charge in [-0.3, -0.25) is 0 Å². The monoisotopic (exact) mass is 347 g/mol. The van der Waals surface area contributed by atoms with Crippen LogP contribution in [0.3, 0.4) is 0 Å². The van der Waals surface area contributed by atoms with Crippen molar-refractivity contribution in [3.63, 3.8) is 0 Å². The molecular weight excluding hydrogens is 326 g/mol. The highest BCUT2D eigenvalue weighted by molar-refractivity contribution is 9.10. The number of ether oxygens (including phenoxy) is 1.